The van der Waals surface area contributed by atoms with Gasteiger partial charge in [0, 0.05) is 22.8 Å². The molecule has 0 aliphatic heterocycles. The second kappa shape index (κ2) is 13.2. The van der Waals surface area contributed by atoms with Crippen molar-refractivity contribution in [1.29, 1.82) is 0 Å². The monoisotopic (exact) mass is 578 g/mol. The second-order valence-corrected chi connectivity index (χ2v) is 11.0. The summed E-state index contributed by atoms with van der Waals surface area (Å²) in [7, 11) is 3.17. The Morgan fingerprint density at radius 2 is 1.23 bits per heavy atom. The van der Waals surface area contributed by atoms with E-state index in [9.17, 15) is 19.5 Å². The highest BCUT2D eigenvalue weighted by molar-refractivity contribution is 6.13. The Bertz CT molecular complexity index is 1770. The smallest absolute Gasteiger partial charge is 0.193 e. The minimum absolute atomic E-state index is 0.0422. The fraction of sp³-hybridized carbons (Fsp3) is 0.194. The molecule has 0 aliphatic rings. The van der Waals surface area contributed by atoms with Crippen LogP contribution in [0.5, 0.6) is 17.2 Å². The molecule has 0 unspecified atom stereocenters. The second-order valence-electron chi connectivity index (χ2n) is 11.0. The molecule has 0 amide bonds. The van der Waals surface area contributed by atoms with Crippen molar-refractivity contribution in [2.24, 2.45) is 0 Å². The fourth-order valence-electron chi connectivity index (χ4n) is 4.32. The number of carbonyl (C=O) groups excluding carboxylic acids is 2. The lowest BCUT2D eigenvalue weighted by Crippen LogP contribution is -2.12. The number of hydrogen-bond donors (Lipinski definition) is 1. The molecule has 0 spiro atoms. The summed E-state index contributed by atoms with van der Waals surface area (Å²) in [5, 5.41) is 9.77. The van der Waals surface area contributed by atoms with E-state index in [1.54, 1.807) is 68.8 Å². The van der Waals surface area contributed by atoms with Crippen LogP contribution >= 0.6 is 0 Å². The quantitative estimate of drug-likeness (QED) is 0.156. The summed E-state index contributed by atoms with van der Waals surface area (Å²) in [5.74, 6) is 1.61. The number of aromatic hydroxyl groups is 1. The molecular formula is C36H34O7. The van der Waals surface area contributed by atoms with Gasteiger partial charge in [-0.2, -0.15) is 0 Å². The van der Waals surface area contributed by atoms with Gasteiger partial charge in [-0.1, -0.05) is 45.0 Å². The number of methoxy groups -OCH3 is 2. The van der Waals surface area contributed by atoms with E-state index in [1.807, 2.05) is 24.3 Å². The van der Waals surface area contributed by atoms with Crippen molar-refractivity contribution >= 4 is 22.5 Å². The number of fused-ring (bicyclic) bond motifs is 1. The summed E-state index contributed by atoms with van der Waals surface area (Å²) in [4.78, 5) is 36.5. The van der Waals surface area contributed by atoms with Gasteiger partial charge in [-0.3, -0.25) is 14.4 Å². The van der Waals surface area contributed by atoms with Gasteiger partial charge in [-0.05, 0) is 77.7 Å². The first-order chi connectivity index (χ1) is 20.5. The predicted molar refractivity (Wildman–Crippen MR) is 168 cm³/mol. The van der Waals surface area contributed by atoms with Crippen molar-refractivity contribution < 1.29 is 28.6 Å². The summed E-state index contributed by atoms with van der Waals surface area (Å²) >= 11 is 0. The zero-order valence-corrected chi connectivity index (χ0v) is 24.8. The third kappa shape index (κ3) is 7.77. The summed E-state index contributed by atoms with van der Waals surface area (Å²) in [6, 6.07) is 27.4. The lowest BCUT2D eigenvalue weighted by Gasteiger charge is -2.18. The number of phenolic OH excluding ortho intramolecular Hbond substituents is 1. The maximum atomic E-state index is 12.3. The highest BCUT2D eigenvalue weighted by atomic mass is 16.5. The van der Waals surface area contributed by atoms with Gasteiger partial charge in [0.15, 0.2) is 17.0 Å². The number of Topliss-reactive ketones (excluding diaryl/α,β-unsaturated/α-hetero) is 2. The number of rotatable bonds is 7. The van der Waals surface area contributed by atoms with Crippen molar-refractivity contribution in [2.45, 2.75) is 32.6 Å². The van der Waals surface area contributed by atoms with Crippen molar-refractivity contribution in [1.82, 2.24) is 0 Å². The maximum absolute atomic E-state index is 12.3. The number of benzene rings is 4. The Kier molecular flexibility index (Phi) is 9.46. The Labute approximate surface area is 250 Å². The summed E-state index contributed by atoms with van der Waals surface area (Å²) in [5.41, 5.74) is 3.34. The Morgan fingerprint density at radius 3 is 1.74 bits per heavy atom. The van der Waals surface area contributed by atoms with Gasteiger partial charge in [0.05, 0.1) is 26.0 Å². The first kappa shape index (κ1) is 30.8. The third-order valence-corrected chi connectivity index (χ3v) is 6.89. The van der Waals surface area contributed by atoms with E-state index in [1.165, 1.54) is 18.2 Å². The number of ether oxygens (including phenoxy) is 2. The average Bonchev–Trinajstić information content (AvgIpc) is 3.01. The van der Waals surface area contributed by atoms with Crippen LogP contribution in [0.1, 0.15) is 53.5 Å². The van der Waals surface area contributed by atoms with E-state index in [2.05, 4.69) is 20.8 Å². The average molecular weight is 579 g/mol. The van der Waals surface area contributed by atoms with E-state index in [4.69, 9.17) is 13.9 Å². The Balaban J connectivity index is 0.000000198. The molecule has 1 heterocycles. The van der Waals surface area contributed by atoms with Crippen LogP contribution in [0.4, 0.5) is 0 Å². The molecule has 0 atom stereocenters. The summed E-state index contributed by atoms with van der Waals surface area (Å²) in [6.45, 7) is 6.37. The molecular weight excluding hydrogens is 544 g/mol. The van der Waals surface area contributed by atoms with Crippen LogP contribution in [0.25, 0.3) is 22.3 Å². The molecule has 5 aromatic rings. The number of ketones is 2. The zero-order valence-electron chi connectivity index (χ0n) is 24.8. The molecule has 1 N–H and O–H groups in total. The Morgan fingerprint density at radius 1 is 0.721 bits per heavy atom. The van der Waals surface area contributed by atoms with Crippen molar-refractivity contribution in [3.8, 4) is 28.6 Å². The minimum atomic E-state index is -0.187. The van der Waals surface area contributed by atoms with E-state index >= 15 is 0 Å². The fourth-order valence-corrected chi connectivity index (χ4v) is 4.32. The van der Waals surface area contributed by atoms with Crippen LogP contribution in [-0.2, 0) is 5.41 Å². The van der Waals surface area contributed by atoms with Crippen LogP contribution < -0.4 is 14.9 Å². The number of carbonyl (C=O) groups is 2. The summed E-state index contributed by atoms with van der Waals surface area (Å²) < 4.78 is 15.9. The molecule has 1 aromatic heterocycles. The normalized spacial score (nSPS) is 10.9. The highest BCUT2D eigenvalue weighted by Crippen LogP contribution is 2.26. The van der Waals surface area contributed by atoms with Crippen molar-refractivity contribution in [3.05, 3.63) is 124 Å². The van der Waals surface area contributed by atoms with Gasteiger partial charge in [0.25, 0.3) is 0 Å². The molecule has 4 aromatic carbocycles. The van der Waals surface area contributed by atoms with Crippen LogP contribution in [-0.4, -0.2) is 30.9 Å². The van der Waals surface area contributed by atoms with E-state index < -0.39 is 0 Å². The van der Waals surface area contributed by atoms with Crippen LogP contribution in [0.3, 0.4) is 0 Å². The largest absolute Gasteiger partial charge is 0.508 e. The minimum Gasteiger partial charge on any atom is -0.508 e. The van der Waals surface area contributed by atoms with Gasteiger partial charge in [-0.15, -0.1) is 0 Å². The molecule has 0 fully saturated rings. The molecule has 0 saturated carbocycles. The lowest BCUT2D eigenvalue weighted by molar-refractivity contribution is 0.0894. The lowest BCUT2D eigenvalue weighted by atomic mass is 9.86. The first-order valence-corrected chi connectivity index (χ1v) is 13.7. The molecule has 43 heavy (non-hydrogen) atoms. The van der Waals surface area contributed by atoms with Gasteiger partial charge in [0.2, 0.25) is 0 Å². The van der Waals surface area contributed by atoms with Gasteiger partial charge >= 0.3 is 0 Å². The van der Waals surface area contributed by atoms with E-state index in [-0.39, 0.29) is 34.6 Å². The van der Waals surface area contributed by atoms with E-state index in [0.717, 1.165) is 16.9 Å². The van der Waals surface area contributed by atoms with Crippen molar-refractivity contribution in [2.75, 3.05) is 14.2 Å². The van der Waals surface area contributed by atoms with Crippen LogP contribution in [0.15, 0.2) is 106 Å². The molecule has 0 saturated heterocycles. The predicted octanol–water partition coefficient (Wildman–Crippen LogP) is 7.62. The molecule has 7 nitrogen and oxygen atoms in total. The molecule has 0 radical (unpaired) electrons. The van der Waals surface area contributed by atoms with Crippen LogP contribution in [0.2, 0.25) is 0 Å². The molecule has 5 rings (SSSR count). The Hall–Kier alpha value is -5.17. The first-order valence-electron chi connectivity index (χ1n) is 13.7. The van der Waals surface area contributed by atoms with Gasteiger partial charge in [-0.25, -0.2) is 0 Å². The van der Waals surface area contributed by atoms with Crippen LogP contribution in [0, 0.1) is 0 Å². The van der Waals surface area contributed by atoms with E-state index in [0.29, 0.717) is 33.6 Å². The highest BCUT2D eigenvalue weighted by Gasteiger charge is 2.17. The van der Waals surface area contributed by atoms with Crippen molar-refractivity contribution in [3.63, 3.8) is 0 Å². The molecule has 0 bridgehead atoms. The van der Waals surface area contributed by atoms with Gasteiger partial charge < -0.3 is 19.0 Å². The third-order valence-electron chi connectivity index (χ3n) is 6.89. The SMILES string of the molecule is COc1ccc(-c2cc(=O)c3cc(O)ccc3o2)cc1.COc1ccc(C(=O)CC(=O)c2ccc(C(C)(C)C)cc2)cc1. The topological polar surface area (TPSA) is 103 Å². The molecule has 220 valence electrons. The standard InChI is InChI=1S/C20H22O3.C16H12O4/c1-20(2,3)16-9-5-14(6-10-16)18(21)13-19(22)15-7-11-17(23-4)12-8-15;1-19-12-5-2-10(3-6-12)16-9-14(18)13-8-11(17)4-7-15(13)20-16/h5-12H,13H2,1-4H3;2-9,17H,1H3. The molecule has 7 heteroatoms. The van der Waals surface area contributed by atoms with Gasteiger partial charge in [0.1, 0.15) is 28.6 Å². The summed E-state index contributed by atoms with van der Waals surface area (Å²) in [6.07, 6.45) is -0.124. The maximum Gasteiger partial charge on any atom is 0.193 e. The molecule has 0 aliphatic carbocycles. The zero-order chi connectivity index (χ0) is 31.1. The number of hydrogen-bond acceptors (Lipinski definition) is 7. The number of phenols is 1.